The second-order valence-electron chi connectivity index (χ2n) is 5.30. The molecule has 2 saturated heterocycles. The number of aryl methyl sites for hydroxylation is 1. The van der Waals surface area contributed by atoms with Gasteiger partial charge in [-0.2, -0.15) is 0 Å². The molecular formula is C13H20N4O3. The number of amides is 2. The van der Waals surface area contributed by atoms with Crippen molar-refractivity contribution in [1.82, 2.24) is 20.0 Å². The van der Waals surface area contributed by atoms with Gasteiger partial charge in [0.2, 0.25) is 11.8 Å². The highest BCUT2D eigenvalue weighted by atomic mass is 16.5. The zero-order chi connectivity index (χ0) is 13.9. The van der Waals surface area contributed by atoms with E-state index in [2.05, 4.69) is 10.2 Å². The van der Waals surface area contributed by atoms with Crippen LogP contribution in [0.3, 0.4) is 0 Å². The minimum absolute atomic E-state index is 0.133. The minimum atomic E-state index is 0.133. The quantitative estimate of drug-likeness (QED) is 0.767. The molecule has 0 aliphatic carbocycles. The van der Waals surface area contributed by atoms with Gasteiger partial charge in [-0.15, -0.1) is 10.2 Å². The summed E-state index contributed by atoms with van der Waals surface area (Å²) in [5.41, 5.74) is 0. The van der Waals surface area contributed by atoms with Crippen molar-refractivity contribution in [3.63, 3.8) is 0 Å². The van der Waals surface area contributed by atoms with Gasteiger partial charge < -0.3 is 19.0 Å². The highest BCUT2D eigenvalue weighted by molar-refractivity contribution is 5.74. The number of urea groups is 1. The summed E-state index contributed by atoms with van der Waals surface area (Å²) < 4.78 is 10.8. The third-order valence-electron chi connectivity index (χ3n) is 3.94. The third-order valence-corrected chi connectivity index (χ3v) is 3.94. The van der Waals surface area contributed by atoms with Crippen LogP contribution in [-0.4, -0.2) is 65.4 Å². The third kappa shape index (κ3) is 2.77. The number of carbonyl (C=O) groups is 1. The lowest BCUT2D eigenvalue weighted by molar-refractivity contribution is 0.0408. The molecule has 20 heavy (non-hydrogen) atoms. The molecule has 110 valence electrons. The molecular weight excluding hydrogens is 260 g/mol. The Labute approximate surface area is 117 Å². The van der Waals surface area contributed by atoms with Crippen molar-refractivity contribution in [1.29, 1.82) is 0 Å². The highest BCUT2D eigenvalue weighted by Gasteiger charge is 2.29. The predicted octanol–water partition coefficient (Wildman–Crippen LogP) is 1.01. The second kappa shape index (κ2) is 5.78. The Morgan fingerprint density at radius 3 is 2.35 bits per heavy atom. The molecule has 2 amide bonds. The van der Waals surface area contributed by atoms with Crippen LogP contribution >= 0.6 is 0 Å². The van der Waals surface area contributed by atoms with Crippen molar-refractivity contribution in [2.45, 2.75) is 25.7 Å². The smallest absolute Gasteiger partial charge is 0.320 e. The molecule has 2 fully saturated rings. The van der Waals surface area contributed by atoms with Gasteiger partial charge in [0.1, 0.15) is 0 Å². The SMILES string of the molecule is Cc1nnc(C2CCN(C(=O)N3CCOCC3)CC2)o1. The lowest BCUT2D eigenvalue weighted by atomic mass is 9.97. The van der Waals surface area contributed by atoms with Gasteiger partial charge in [0, 0.05) is 39.0 Å². The molecule has 1 aromatic heterocycles. The van der Waals surface area contributed by atoms with Crippen molar-refractivity contribution in [3.05, 3.63) is 11.8 Å². The summed E-state index contributed by atoms with van der Waals surface area (Å²) >= 11 is 0. The fourth-order valence-corrected chi connectivity index (χ4v) is 2.75. The molecule has 3 rings (SSSR count). The zero-order valence-corrected chi connectivity index (χ0v) is 11.7. The number of piperidine rings is 1. The van der Waals surface area contributed by atoms with E-state index in [1.807, 2.05) is 9.80 Å². The summed E-state index contributed by atoms with van der Waals surface area (Å²) in [6, 6.07) is 0.133. The van der Waals surface area contributed by atoms with Crippen molar-refractivity contribution in [3.8, 4) is 0 Å². The molecule has 2 aliphatic heterocycles. The number of carbonyl (C=O) groups excluding carboxylic acids is 1. The summed E-state index contributed by atoms with van der Waals surface area (Å²) in [6.07, 6.45) is 1.77. The molecule has 0 N–H and O–H groups in total. The van der Waals surface area contributed by atoms with Crippen LogP contribution in [0.2, 0.25) is 0 Å². The predicted molar refractivity (Wildman–Crippen MR) is 70.4 cm³/mol. The topological polar surface area (TPSA) is 71.7 Å². The van der Waals surface area contributed by atoms with Crippen LogP contribution in [-0.2, 0) is 4.74 Å². The maximum absolute atomic E-state index is 12.3. The number of rotatable bonds is 1. The van der Waals surface area contributed by atoms with Crippen LogP contribution in [0.5, 0.6) is 0 Å². The van der Waals surface area contributed by atoms with Crippen molar-refractivity contribution in [2.24, 2.45) is 0 Å². The Morgan fingerprint density at radius 2 is 1.75 bits per heavy atom. The number of morpholine rings is 1. The first kappa shape index (κ1) is 13.4. The average molecular weight is 280 g/mol. The van der Waals surface area contributed by atoms with Crippen molar-refractivity contribution >= 4 is 6.03 Å². The van der Waals surface area contributed by atoms with Crippen molar-refractivity contribution in [2.75, 3.05) is 39.4 Å². The summed E-state index contributed by atoms with van der Waals surface area (Å²) in [5.74, 6) is 1.60. The monoisotopic (exact) mass is 280 g/mol. The summed E-state index contributed by atoms with van der Waals surface area (Å²) in [6.45, 7) is 5.98. The van der Waals surface area contributed by atoms with Gasteiger partial charge in [-0.25, -0.2) is 4.79 Å². The van der Waals surface area contributed by atoms with Gasteiger partial charge in [-0.3, -0.25) is 0 Å². The molecule has 0 bridgehead atoms. The van der Waals surface area contributed by atoms with Crippen LogP contribution in [0.15, 0.2) is 4.42 Å². The number of aromatic nitrogens is 2. The van der Waals surface area contributed by atoms with E-state index in [4.69, 9.17) is 9.15 Å². The first-order valence-corrected chi connectivity index (χ1v) is 7.15. The largest absolute Gasteiger partial charge is 0.425 e. The maximum atomic E-state index is 12.3. The van der Waals surface area contributed by atoms with Gasteiger partial charge in [-0.1, -0.05) is 0 Å². The Balaban J connectivity index is 1.54. The molecule has 0 radical (unpaired) electrons. The van der Waals surface area contributed by atoms with Gasteiger partial charge in [0.25, 0.3) is 0 Å². The van der Waals surface area contributed by atoms with Crippen molar-refractivity contribution < 1.29 is 13.9 Å². The van der Waals surface area contributed by atoms with Crippen LogP contribution in [0, 0.1) is 6.92 Å². The van der Waals surface area contributed by atoms with Gasteiger partial charge in [0.15, 0.2) is 0 Å². The van der Waals surface area contributed by atoms with Crippen LogP contribution in [0.25, 0.3) is 0 Å². The number of hydrogen-bond donors (Lipinski definition) is 0. The van der Waals surface area contributed by atoms with Crippen LogP contribution in [0.1, 0.15) is 30.5 Å². The van der Waals surface area contributed by atoms with E-state index in [9.17, 15) is 4.79 Å². The lowest BCUT2D eigenvalue weighted by Gasteiger charge is -2.36. The number of hydrogen-bond acceptors (Lipinski definition) is 5. The number of nitrogens with zero attached hydrogens (tertiary/aromatic N) is 4. The first-order valence-electron chi connectivity index (χ1n) is 7.15. The molecule has 1 aromatic rings. The summed E-state index contributed by atoms with van der Waals surface area (Å²) in [7, 11) is 0. The molecule has 0 atom stereocenters. The normalized spacial score (nSPS) is 21.2. The Morgan fingerprint density at radius 1 is 1.10 bits per heavy atom. The Bertz CT molecular complexity index is 462. The van der Waals surface area contributed by atoms with E-state index < -0.39 is 0 Å². The molecule has 0 unspecified atom stereocenters. The standard InChI is InChI=1S/C13H20N4O3/c1-10-14-15-12(20-10)11-2-4-16(5-3-11)13(18)17-6-8-19-9-7-17/h11H,2-9H2,1H3. The van der Waals surface area contributed by atoms with E-state index in [1.165, 1.54) is 0 Å². The minimum Gasteiger partial charge on any atom is -0.425 e. The summed E-state index contributed by atoms with van der Waals surface area (Å²) in [4.78, 5) is 16.1. The Kier molecular flexibility index (Phi) is 3.86. The molecule has 0 saturated carbocycles. The van der Waals surface area contributed by atoms with Gasteiger partial charge in [-0.05, 0) is 12.8 Å². The fraction of sp³-hybridized carbons (Fsp3) is 0.769. The molecule has 0 aromatic carbocycles. The number of ether oxygens (including phenoxy) is 1. The lowest BCUT2D eigenvalue weighted by Crippen LogP contribution is -2.50. The first-order chi connectivity index (χ1) is 9.74. The van der Waals surface area contributed by atoms with Crippen LogP contribution in [0.4, 0.5) is 4.79 Å². The zero-order valence-electron chi connectivity index (χ0n) is 11.7. The molecule has 7 nitrogen and oxygen atoms in total. The highest BCUT2D eigenvalue weighted by Crippen LogP contribution is 2.27. The van der Waals surface area contributed by atoms with E-state index in [1.54, 1.807) is 6.92 Å². The summed E-state index contributed by atoms with van der Waals surface area (Å²) in [5, 5.41) is 7.95. The van der Waals surface area contributed by atoms with E-state index in [-0.39, 0.29) is 11.9 Å². The second-order valence-corrected chi connectivity index (χ2v) is 5.30. The fourth-order valence-electron chi connectivity index (χ4n) is 2.75. The molecule has 7 heteroatoms. The van der Waals surface area contributed by atoms with Gasteiger partial charge in [0.05, 0.1) is 13.2 Å². The molecule has 0 spiro atoms. The Hall–Kier alpha value is -1.63. The molecule has 2 aliphatic rings. The van der Waals surface area contributed by atoms with Gasteiger partial charge >= 0.3 is 6.03 Å². The van der Waals surface area contributed by atoms with E-state index in [0.29, 0.717) is 38.1 Å². The molecule has 3 heterocycles. The maximum Gasteiger partial charge on any atom is 0.320 e. The van der Waals surface area contributed by atoms with Crippen LogP contribution < -0.4 is 0 Å². The van der Waals surface area contributed by atoms with E-state index in [0.717, 1.165) is 25.9 Å². The average Bonchev–Trinajstić information content (AvgIpc) is 2.94. The number of likely N-dealkylation sites (tertiary alicyclic amines) is 1. The van der Waals surface area contributed by atoms with E-state index >= 15 is 0 Å².